The molecule has 1 aromatic rings. The maximum Gasteiger partial charge on any atom is 0.329 e. The molecule has 2 rings (SSSR count). The molecule has 0 saturated carbocycles. The number of hydrogen-bond donors (Lipinski definition) is 1. The molecule has 1 aliphatic rings. The minimum atomic E-state index is -1.11. The van der Waals surface area contributed by atoms with Crippen molar-refractivity contribution < 1.29 is 14.7 Å². The standard InChI is InChI=1S/C15H23N3O3/c1-10(2)9-18-11(3)12(8-16-18)13(19)17-7-5-6-15(17,4)14(20)21/h8,10H,5-7,9H2,1-4H3,(H,20,21). The number of carbonyl (C=O) groups is 2. The van der Waals surface area contributed by atoms with Crippen LogP contribution < -0.4 is 0 Å². The number of likely N-dealkylation sites (tertiary alicyclic amines) is 1. The Morgan fingerprint density at radius 1 is 1.48 bits per heavy atom. The average Bonchev–Trinajstić information content (AvgIpc) is 2.94. The van der Waals surface area contributed by atoms with E-state index in [1.54, 1.807) is 13.1 Å². The summed E-state index contributed by atoms with van der Waals surface area (Å²) in [5.41, 5.74) is 0.197. The third-order valence-electron chi connectivity index (χ3n) is 4.22. The fourth-order valence-corrected chi connectivity index (χ4v) is 2.84. The Balaban J connectivity index is 2.28. The van der Waals surface area contributed by atoms with Crippen molar-refractivity contribution >= 4 is 11.9 Å². The minimum Gasteiger partial charge on any atom is -0.480 e. The number of aromatic nitrogens is 2. The zero-order valence-corrected chi connectivity index (χ0v) is 13.1. The Kier molecular flexibility index (Phi) is 4.07. The highest BCUT2D eigenvalue weighted by Gasteiger charge is 2.46. The SMILES string of the molecule is Cc1c(C(=O)N2CCCC2(C)C(=O)O)cnn1CC(C)C. The summed E-state index contributed by atoms with van der Waals surface area (Å²) in [5, 5.41) is 13.7. The van der Waals surface area contributed by atoms with Crippen LogP contribution in [0.2, 0.25) is 0 Å². The lowest BCUT2D eigenvalue weighted by molar-refractivity contribution is -0.147. The van der Waals surface area contributed by atoms with E-state index in [1.807, 2.05) is 11.6 Å². The van der Waals surface area contributed by atoms with E-state index in [9.17, 15) is 14.7 Å². The molecule has 6 nitrogen and oxygen atoms in total. The number of nitrogens with zero attached hydrogens (tertiary/aromatic N) is 3. The Hall–Kier alpha value is -1.85. The highest BCUT2D eigenvalue weighted by Crippen LogP contribution is 2.31. The van der Waals surface area contributed by atoms with Gasteiger partial charge in [-0.25, -0.2) is 4.79 Å². The first-order valence-electron chi connectivity index (χ1n) is 7.35. The van der Waals surface area contributed by atoms with Crippen LogP contribution >= 0.6 is 0 Å². The van der Waals surface area contributed by atoms with Crippen LogP contribution in [0.4, 0.5) is 0 Å². The summed E-state index contributed by atoms with van der Waals surface area (Å²) in [6.45, 7) is 8.88. The van der Waals surface area contributed by atoms with Crippen LogP contribution in [0.5, 0.6) is 0 Å². The van der Waals surface area contributed by atoms with E-state index in [2.05, 4.69) is 18.9 Å². The number of amides is 1. The first-order chi connectivity index (χ1) is 9.77. The summed E-state index contributed by atoms with van der Waals surface area (Å²) in [6, 6.07) is 0. The molecule has 6 heteroatoms. The molecular formula is C15H23N3O3. The molecule has 1 amide bonds. The highest BCUT2D eigenvalue weighted by molar-refractivity contribution is 5.98. The van der Waals surface area contributed by atoms with Crippen LogP contribution in [-0.4, -0.2) is 43.7 Å². The summed E-state index contributed by atoms with van der Waals surface area (Å²) in [4.78, 5) is 25.7. The Morgan fingerprint density at radius 3 is 2.71 bits per heavy atom. The van der Waals surface area contributed by atoms with Gasteiger partial charge in [0.1, 0.15) is 5.54 Å². The lowest BCUT2D eigenvalue weighted by Gasteiger charge is -2.31. The van der Waals surface area contributed by atoms with Crippen LogP contribution in [0.25, 0.3) is 0 Å². The monoisotopic (exact) mass is 293 g/mol. The molecular weight excluding hydrogens is 270 g/mol. The number of carboxylic acids is 1. The second-order valence-corrected chi connectivity index (χ2v) is 6.36. The third-order valence-corrected chi connectivity index (χ3v) is 4.22. The smallest absolute Gasteiger partial charge is 0.329 e. The fraction of sp³-hybridized carbons (Fsp3) is 0.667. The summed E-state index contributed by atoms with van der Waals surface area (Å²) in [6.07, 6.45) is 2.77. The summed E-state index contributed by atoms with van der Waals surface area (Å²) >= 11 is 0. The first kappa shape index (κ1) is 15.5. The van der Waals surface area contributed by atoms with Crippen LogP contribution in [-0.2, 0) is 11.3 Å². The van der Waals surface area contributed by atoms with Gasteiger partial charge in [0, 0.05) is 18.8 Å². The number of carboxylic acid groups (broad SMARTS) is 1. The lowest BCUT2D eigenvalue weighted by atomic mass is 9.98. The van der Waals surface area contributed by atoms with E-state index in [4.69, 9.17) is 0 Å². The van der Waals surface area contributed by atoms with Crippen LogP contribution in [0.3, 0.4) is 0 Å². The van der Waals surface area contributed by atoms with Gasteiger partial charge < -0.3 is 10.0 Å². The van der Waals surface area contributed by atoms with Gasteiger partial charge in [0.2, 0.25) is 0 Å². The maximum atomic E-state index is 12.7. The molecule has 1 atom stereocenters. The van der Waals surface area contributed by atoms with Gasteiger partial charge in [-0.3, -0.25) is 9.48 Å². The summed E-state index contributed by atoms with van der Waals surface area (Å²) in [7, 11) is 0. The number of rotatable bonds is 4. The van der Waals surface area contributed by atoms with E-state index >= 15 is 0 Å². The van der Waals surface area contributed by atoms with Crippen molar-refractivity contribution in [2.45, 2.75) is 52.6 Å². The van der Waals surface area contributed by atoms with E-state index < -0.39 is 11.5 Å². The van der Waals surface area contributed by atoms with E-state index in [1.165, 1.54) is 4.90 Å². The first-order valence-corrected chi connectivity index (χ1v) is 7.35. The number of carbonyl (C=O) groups excluding carboxylic acids is 1. The van der Waals surface area contributed by atoms with Gasteiger partial charge in [-0.1, -0.05) is 13.8 Å². The second-order valence-electron chi connectivity index (χ2n) is 6.36. The van der Waals surface area contributed by atoms with Crippen molar-refractivity contribution in [3.8, 4) is 0 Å². The maximum absolute atomic E-state index is 12.7. The molecule has 116 valence electrons. The molecule has 1 N–H and O–H groups in total. The predicted molar refractivity (Wildman–Crippen MR) is 78.1 cm³/mol. The average molecular weight is 293 g/mol. The van der Waals surface area contributed by atoms with E-state index in [-0.39, 0.29) is 5.91 Å². The Morgan fingerprint density at radius 2 is 2.14 bits per heavy atom. The topological polar surface area (TPSA) is 75.4 Å². The van der Waals surface area contributed by atoms with Crippen molar-refractivity contribution in [2.75, 3.05) is 6.54 Å². The fourth-order valence-electron chi connectivity index (χ4n) is 2.84. The lowest BCUT2D eigenvalue weighted by Crippen LogP contribution is -2.50. The minimum absolute atomic E-state index is 0.232. The molecule has 0 spiro atoms. The summed E-state index contributed by atoms with van der Waals surface area (Å²) < 4.78 is 1.81. The molecule has 0 radical (unpaired) electrons. The predicted octanol–water partition coefficient (Wildman–Crippen LogP) is 1.93. The molecule has 21 heavy (non-hydrogen) atoms. The van der Waals surface area contributed by atoms with Crippen LogP contribution in [0.15, 0.2) is 6.20 Å². The molecule has 0 aromatic carbocycles. The van der Waals surface area contributed by atoms with Gasteiger partial charge in [-0.15, -0.1) is 0 Å². The largest absolute Gasteiger partial charge is 0.480 e. The van der Waals surface area contributed by atoms with Gasteiger partial charge >= 0.3 is 5.97 Å². The molecule has 1 aliphatic heterocycles. The normalized spacial score (nSPS) is 22.0. The van der Waals surface area contributed by atoms with Crippen molar-refractivity contribution in [1.29, 1.82) is 0 Å². The van der Waals surface area contributed by atoms with Crippen molar-refractivity contribution in [2.24, 2.45) is 5.92 Å². The quantitative estimate of drug-likeness (QED) is 0.920. The molecule has 2 heterocycles. The van der Waals surface area contributed by atoms with Crippen LogP contribution in [0, 0.1) is 12.8 Å². The second kappa shape index (κ2) is 5.50. The Bertz CT molecular complexity index is 565. The molecule has 1 unspecified atom stereocenters. The number of hydrogen-bond acceptors (Lipinski definition) is 3. The molecule has 1 fully saturated rings. The third kappa shape index (κ3) is 2.66. The van der Waals surface area contributed by atoms with Crippen LogP contribution in [0.1, 0.15) is 49.7 Å². The molecule has 1 saturated heterocycles. The van der Waals surface area contributed by atoms with E-state index in [0.29, 0.717) is 30.9 Å². The molecule has 1 aromatic heterocycles. The van der Waals surface area contributed by atoms with Crippen molar-refractivity contribution in [3.63, 3.8) is 0 Å². The van der Waals surface area contributed by atoms with Gasteiger partial charge in [0.05, 0.1) is 11.8 Å². The van der Waals surface area contributed by atoms with Crippen molar-refractivity contribution in [1.82, 2.24) is 14.7 Å². The van der Waals surface area contributed by atoms with Gasteiger partial charge in [0.15, 0.2) is 0 Å². The van der Waals surface area contributed by atoms with Crippen molar-refractivity contribution in [3.05, 3.63) is 17.5 Å². The van der Waals surface area contributed by atoms with Gasteiger partial charge in [-0.2, -0.15) is 5.10 Å². The number of aliphatic carboxylic acids is 1. The summed E-state index contributed by atoms with van der Waals surface area (Å²) in [5.74, 6) is -0.742. The Labute approximate surface area is 124 Å². The molecule has 0 bridgehead atoms. The van der Waals surface area contributed by atoms with Gasteiger partial charge in [-0.05, 0) is 32.6 Å². The van der Waals surface area contributed by atoms with E-state index in [0.717, 1.165) is 12.2 Å². The molecule has 0 aliphatic carbocycles. The zero-order chi connectivity index (χ0) is 15.8. The zero-order valence-electron chi connectivity index (χ0n) is 13.1. The van der Waals surface area contributed by atoms with Gasteiger partial charge in [0.25, 0.3) is 5.91 Å². The highest BCUT2D eigenvalue weighted by atomic mass is 16.4.